The Balaban J connectivity index is 4.32. The molecule has 0 rings (SSSR count). The van der Waals surface area contributed by atoms with Gasteiger partial charge in [0.25, 0.3) is 0 Å². The highest BCUT2D eigenvalue weighted by Gasteiger charge is 2.32. The maximum atomic E-state index is 11.8. The van der Waals surface area contributed by atoms with Gasteiger partial charge in [-0.15, -0.1) is 0 Å². The Bertz CT molecular complexity index is 158. The number of rotatable bonds is 8. The average molecular weight is 228 g/mol. The molecule has 0 unspecified atom stereocenters. The lowest BCUT2D eigenvalue weighted by atomic mass is 10.0. The van der Waals surface area contributed by atoms with Crippen LogP contribution in [0.25, 0.3) is 0 Å². The number of hydrogen-bond donors (Lipinski definition) is 5. The normalized spacial score (nSPS) is 19.6. The Morgan fingerprint density at radius 3 is 1.93 bits per heavy atom. The quantitative estimate of drug-likeness (QED) is 0.312. The second-order valence-corrected chi connectivity index (χ2v) is 3.01. The summed E-state index contributed by atoms with van der Waals surface area (Å²) < 4.78 is 16.5. The summed E-state index contributed by atoms with van der Waals surface area (Å²) >= 11 is 0. The van der Waals surface area contributed by atoms with Gasteiger partial charge in [-0.3, -0.25) is 0 Å². The van der Waals surface area contributed by atoms with Crippen molar-refractivity contribution in [1.29, 1.82) is 0 Å². The average Bonchev–Trinajstić information content (AvgIpc) is 2.27. The molecule has 4 atom stereocenters. The Morgan fingerprint density at radius 1 is 1.00 bits per heavy atom. The number of aliphatic hydroxyl groups excluding tert-OH is 5. The SMILES string of the molecule is OC[C@@H](O)[C@@H](O)[C@@H](OCCF)[C@H](O)CO. The zero-order chi connectivity index (χ0) is 11.8. The number of hydrogen-bond acceptors (Lipinski definition) is 6. The maximum absolute atomic E-state index is 11.8. The molecule has 0 fully saturated rings. The minimum atomic E-state index is -1.59. The van der Waals surface area contributed by atoms with Crippen LogP contribution < -0.4 is 0 Å². The van der Waals surface area contributed by atoms with Crippen LogP contribution in [0.3, 0.4) is 0 Å². The van der Waals surface area contributed by atoms with Crippen molar-refractivity contribution in [1.82, 2.24) is 0 Å². The van der Waals surface area contributed by atoms with Crippen LogP contribution in [0.5, 0.6) is 0 Å². The summed E-state index contributed by atoms with van der Waals surface area (Å²) in [5.74, 6) is 0. The first-order chi connectivity index (χ1) is 7.08. The lowest BCUT2D eigenvalue weighted by Gasteiger charge is -2.28. The molecule has 0 amide bonds. The van der Waals surface area contributed by atoms with Gasteiger partial charge in [0.2, 0.25) is 0 Å². The monoisotopic (exact) mass is 228 g/mol. The van der Waals surface area contributed by atoms with E-state index in [0.29, 0.717) is 0 Å². The van der Waals surface area contributed by atoms with Crippen LogP contribution >= 0.6 is 0 Å². The summed E-state index contributed by atoms with van der Waals surface area (Å²) in [6.07, 6.45) is -5.90. The fourth-order valence-corrected chi connectivity index (χ4v) is 1.05. The van der Waals surface area contributed by atoms with Crippen LogP contribution in [0.1, 0.15) is 0 Å². The Hall–Kier alpha value is -0.310. The van der Waals surface area contributed by atoms with Crippen LogP contribution in [-0.2, 0) is 4.74 Å². The predicted molar refractivity (Wildman–Crippen MR) is 47.9 cm³/mol. The van der Waals surface area contributed by atoms with Crippen LogP contribution in [0.2, 0.25) is 0 Å². The van der Waals surface area contributed by atoms with Crippen molar-refractivity contribution in [3.63, 3.8) is 0 Å². The molecule has 0 aromatic rings. The van der Waals surface area contributed by atoms with Gasteiger partial charge in [-0.05, 0) is 0 Å². The predicted octanol–water partition coefficient (Wildman–Crippen LogP) is -2.59. The molecule has 0 bridgehead atoms. The summed E-state index contributed by atoms with van der Waals surface area (Å²) in [4.78, 5) is 0. The highest BCUT2D eigenvalue weighted by molar-refractivity contribution is 4.81. The van der Waals surface area contributed by atoms with Crippen LogP contribution in [0.15, 0.2) is 0 Å². The fraction of sp³-hybridized carbons (Fsp3) is 1.00. The summed E-state index contributed by atoms with van der Waals surface area (Å²) in [5, 5.41) is 44.8. The number of alkyl halides is 1. The third-order valence-electron chi connectivity index (χ3n) is 1.87. The smallest absolute Gasteiger partial charge is 0.114 e. The largest absolute Gasteiger partial charge is 0.394 e. The van der Waals surface area contributed by atoms with Crippen molar-refractivity contribution in [2.75, 3.05) is 26.5 Å². The summed E-state index contributed by atoms with van der Waals surface area (Å²) in [7, 11) is 0. The van der Waals surface area contributed by atoms with Gasteiger partial charge in [-0.2, -0.15) is 0 Å². The Kier molecular flexibility index (Phi) is 7.75. The molecule has 0 aliphatic rings. The standard InChI is InChI=1S/C8H17FO6/c9-1-2-15-8(6(13)4-11)7(14)5(12)3-10/h5-8,10-14H,1-4H2/t5-,6-,7-,8+/m1/s1. The van der Waals surface area contributed by atoms with E-state index in [1.54, 1.807) is 0 Å². The van der Waals surface area contributed by atoms with Crippen molar-refractivity contribution < 1.29 is 34.7 Å². The molecule has 0 saturated carbocycles. The molecule has 7 heteroatoms. The topological polar surface area (TPSA) is 110 Å². The van der Waals surface area contributed by atoms with Gasteiger partial charge in [0.1, 0.15) is 31.1 Å². The van der Waals surface area contributed by atoms with Crippen molar-refractivity contribution in [2.24, 2.45) is 0 Å². The third kappa shape index (κ3) is 4.83. The molecule has 92 valence electrons. The highest BCUT2D eigenvalue weighted by atomic mass is 19.1. The molecule has 0 spiro atoms. The van der Waals surface area contributed by atoms with Crippen molar-refractivity contribution in [2.45, 2.75) is 24.4 Å². The molecule has 0 radical (unpaired) electrons. The molecule has 0 heterocycles. The van der Waals surface area contributed by atoms with Crippen molar-refractivity contribution >= 4 is 0 Å². The number of ether oxygens (including phenoxy) is 1. The van der Waals surface area contributed by atoms with Gasteiger partial charge in [0, 0.05) is 0 Å². The molecule has 0 aromatic heterocycles. The van der Waals surface area contributed by atoms with E-state index < -0.39 is 44.3 Å². The molecule has 0 aliphatic heterocycles. The first kappa shape index (κ1) is 14.7. The molecular weight excluding hydrogens is 211 g/mol. The zero-order valence-corrected chi connectivity index (χ0v) is 8.16. The van der Waals surface area contributed by atoms with Gasteiger partial charge < -0.3 is 30.3 Å². The minimum absolute atomic E-state index is 0.378. The fourth-order valence-electron chi connectivity index (χ4n) is 1.05. The van der Waals surface area contributed by atoms with E-state index in [4.69, 9.17) is 20.1 Å². The molecule has 6 nitrogen and oxygen atoms in total. The second-order valence-electron chi connectivity index (χ2n) is 3.01. The van der Waals surface area contributed by atoms with Crippen molar-refractivity contribution in [3.8, 4) is 0 Å². The van der Waals surface area contributed by atoms with Crippen LogP contribution in [0.4, 0.5) is 4.39 Å². The summed E-state index contributed by atoms with van der Waals surface area (Å²) in [5.41, 5.74) is 0. The first-order valence-corrected chi connectivity index (χ1v) is 4.52. The minimum Gasteiger partial charge on any atom is -0.394 e. The van der Waals surface area contributed by atoms with Gasteiger partial charge >= 0.3 is 0 Å². The Morgan fingerprint density at radius 2 is 1.53 bits per heavy atom. The van der Waals surface area contributed by atoms with E-state index in [0.717, 1.165) is 0 Å². The summed E-state index contributed by atoms with van der Waals surface area (Å²) in [6, 6.07) is 0. The zero-order valence-electron chi connectivity index (χ0n) is 8.16. The van der Waals surface area contributed by atoms with E-state index in [-0.39, 0.29) is 6.61 Å². The first-order valence-electron chi connectivity index (χ1n) is 4.52. The van der Waals surface area contributed by atoms with Gasteiger partial charge in [-0.1, -0.05) is 0 Å². The van der Waals surface area contributed by atoms with E-state index >= 15 is 0 Å². The molecule has 0 saturated heterocycles. The lowest BCUT2D eigenvalue weighted by Crippen LogP contribution is -2.48. The molecule has 5 N–H and O–H groups in total. The van der Waals surface area contributed by atoms with Gasteiger partial charge in [0.15, 0.2) is 0 Å². The van der Waals surface area contributed by atoms with Crippen LogP contribution in [0, 0.1) is 0 Å². The van der Waals surface area contributed by atoms with Gasteiger partial charge in [-0.25, -0.2) is 4.39 Å². The van der Waals surface area contributed by atoms with E-state index in [2.05, 4.69) is 0 Å². The van der Waals surface area contributed by atoms with Crippen LogP contribution in [-0.4, -0.2) is 76.4 Å². The molecule has 15 heavy (non-hydrogen) atoms. The van der Waals surface area contributed by atoms with E-state index in [1.165, 1.54) is 0 Å². The van der Waals surface area contributed by atoms with E-state index in [9.17, 15) is 14.6 Å². The Labute approximate surface area is 86.5 Å². The molecular formula is C8H17FO6. The second kappa shape index (κ2) is 7.91. The summed E-state index contributed by atoms with van der Waals surface area (Å²) in [6.45, 7) is -2.63. The lowest BCUT2D eigenvalue weighted by molar-refractivity contribution is -0.149. The molecule has 0 aliphatic carbocycles. The number of halogens is 1. The highest BCUT2D eigenvalue weighted by Crippen LogP contribution is 2.09. The third-order valence-corrected chi connectivity index (χ3v) is 1.87. The van der Waals surface area contributed by atoms with Crippen molar-refractivity contribution in [3.05, 3.63) is 0 Å². The van der Waals surface area contributed by atoms with Gasteiger partial charge in [0.05, 0.1) is 19.8 Å². The number of aliphatic hydroxyl groups is 5. The van der Waals surface area contributed by atoms with E-state index in [1.807, 2.05) is 0 Å². The molecule has 0 aromatic carbocycles. The maximum Gasteiger partial charge on any atom is 0.114 e.